The Labute approximate surface area is 205 Å². The van der Waals surface area contributed by atoms with Crippen LogP contribution >= 0.6 is 23.1 Å². The van der Waals surface area contributed by atoms with Crippen LogP contribution in [0, 0.1) is 23.2 Å². The Hall–Kier alpha value is -1.41. The van der Waals surface area contributed by atoms with Crippen LogP contribution in [0.4, 0.5) is 0 Å². The quantitative estimate of drug-likeness (QED) is 0.409. The summed E-state index contributed by atoms with van der Waals surface area (Å²) >= 11 is 3.67. The van der Waals surface area contributed by atoms with Crippen molar-refractivity contribution in [2.75, 3.05) is 20.3 Å². The highest BCUT2D eigenvalue weighted by atomic mass is 32.2. The Balaban J connectivity index is 1.48. The molecule has 0 unspecified atom stereocenters. The molecule has 6 atom stereocenters. The number of amides is 1. The van der Waals surface area contributed by atoms with Crippen molar-refractivity contribution >= 4 is 29.0 Å². The van der Waals surface area contributed by atoms with Gasteiger partial charge in [-0.1, -0.05) is 39.0 Å². The summed E-state index contributed by atoms with van der Waals surface area (Å²) in [6.07, 6.45) is 2.39. The van der Waals surface area contributed by atoms with Gasteiger partial charge in [0.25, 0.3) is 0 Å². The zero-order valence-electron chi connectivity index (χ0n) is 20.0. The molecule has 0 spiro atoms. The number of ether oxygens (including phenoxy) is 1. The molecule has 1 heterocycles. The van der Waals surface area contributed by atoms with Crippen molar-refractivity contribution in [1.29, 1.82) is 0 Å². The van der Waals surface area contributed by atoms with Crippen molar-refractivity contribution in [3.05, 3.63) is 45.9 Å². The molecule has 1 fully saturated rings. The summed E-state index contributed by atoms with van der Waals surface area (Å²) in [6, 6.07) is 10.5. The molecule has 180 valence electrons. The van der Waals surface area contributed by atoms with E-state index in [9.17, 15) is 9.90 Å². The Morgan fingerprint density at radius 3 is 2.88 bits per heavy atom. The summed E-state index contributed by atoms with van der Waals surface area (Å²) < 4.78 is 5.04. The highest BCUT2D eigenvalue weighted by Gasteiger charge is 2.53. The summed E-state index contributed by atoms with van der Waals surface area (Å²) in [5.74, 6) is 0.948. The molecular formula is C26H36N2O3S2. The van der Waals surface area contributed by atoms with E-state index in [1.807, 2.05) is 36.1 Å². The number of rotatable bonds is 8. The first-order valence-corrected chi connectivity index (χ1v) is 13.8. The number of benzene rings is 1. The molecule has 2 aliphatic carbocycles. The Morgan fingerprint density at radius 1 is 1.39 bits per heavy atom. The normalized spacial score (nSPS) is 29.7. The molecule has 5 nitrogen and oxygen atoms in total. The molecule has 1 aromatic carbocycles. The van der Waals surface area contributed by atoms with E-state index in [2.05, 4.69) is 43.4 Å². The molecule has 1 aromatic heterocycles. The van der Waals surface area contributed by atoms with Gasteiger partial charge in [-0.2, -0.15) is 0 Å². The molecule has 7 heteroatoms. The third-order valence-electron chi connectivity index (χ3n) is 7.73. The van der Waals surface area contributed by atoms with Crippen molar-refractivity contribution in [3.8, 4) is 0 Å². The minimum atomic E-state index is -0.501. The maximum Gasteiger partial charge on any atom is 0.223 e. The average molecular weight is 489 g/mol. The second-order valence-corrected chi connectivity index (χ2v) is 12.1. The average Bonchev–Trinajstić information content (AvgIpc) is 3.20. The van der Waals surface area contributed by atoms with Crippen LogP contribution in [0.3, 0.4) is 0 Å². The lowest BCUT2D eigenvalue weighted by Crippen LogP contribution is -2.53. The molecule has 1 amide bonds. The Morgan fingerprint density at radius 2 is 2.15 bits per heavy atom. The van der Waals surface area contributed by atoms with Crippen LogP contribution in [-0.2, 0) is 21.7 Å². The molecule has 4 rings (SSSR count). The molecule has 2 aromatic rings. The summed E-state index contributed by atoms with van der Waals surface area (Å²) in [6.45, 7) is 7.52. The van der Waals surface area contributed by atoms with E-state index in [4.69, 9.17) is 9.72 Å². The molecule has 0 radical (unpaired) electrons. The van der Waals surface area contributed by atoms with Gasteiger partial charge in [0.15, 0.2) is 0 Å². The number of thioether (sulfide) groups is 1. The number of carbonyl (C=O) groups is 1. The third kappa shape index (κ3) is 5.16. The van der Waals surface area contributed by atoms with Crippen molar-refractivity contribution in [2.45, 2.75) is 62.7 Å². The molecule has 2 aliphatic rings. The fourth-order valence-electron chi connectivity index (χ4n) is 5.95. The largest absolute Gasteiger partial charge is 0.392 e. The minimum absolute atomic E-state index is 0.0118. The number of methoxy groups -OCH3 is 1. The summed E-state index contributed by atoms with van der Waals surface area (Å²) in [4.78, 5) is 20.4. The van der Waals surface area contributed by atoms with E-state index in [1.165, 1.54) is 20.5 Å². The number of hydrogen-bond acceptors (Lipinski definition) is 6. The van der Waals surface area contributed by atoms with E-state index < -0.39 is 6.10 Å². The fraction of sp³-hybridized carbons (Fsp3) is 0.615. The van der Waals surface area contributed by atoms with Crippen LogP contribution in [0.15, 0.2) is 35.2 Å². The number of nitrogens with zero attached hydrogens (tertiary/aromatic N) is 1. The molecule has 0 saturated heterocycles. The molecular weight excluding hydrogens is 452 g/mol. The van der Waals surface area contributed by atoms with Crippen molar-refractivity contribution in [2.24, 2.45) is 23.2 Å². The standard InChI is InChI=1S/C26H36N2O3S2/c1-16(25(30)27-12-13-31-4)19-10-11-26(3)14-20-23(17(2)22(26)24(19)29)28-21(33-20)15-32-18-8-6-5-7-9-18/h5-9,16-17,19,22,24,29H,10-15H2,1-4H3,(H,27,30)/t16-,17-,19-,22+,24-,26-/m0/s1. The number of aliphatic hydroxyl groups excluding tert-OH is 1. The van der Waals surface area contributed by atoms with E-state index in [0.29, 0.717) is 13.2 Å². The predicted octanol–water partition coefficient (Wildman–Crippen LogP) is 4.89. The molecule has 0 bridgehead atoms. The van der Waals surface area contributed by atoms with Gasteiger partial charge in [-0.3, -0.25) is 4.79 Å². The van der Waals surface area contributed by atoms with Crippen LogP contribution in [-0.4, -0.2) is 42.4 Å². The van der Waals surface area contributed by atoms with E-state index in [0.717, 1.165) is 25.0 Å². The molecule has 33 heavy (non-hydrogen) atoms. The van der Waals surface area contributed by atoms with Gasteiger partial charge < -0.3 is 15.2 Å². The van der Waals surface area contributed by atoms with Gasteiger partial charge in [0.1, 0.15) is 5.01 Å². The zero-order valence-corrected chi connectivity index (χ0v) is 21.7. The van der Waals surface area contributed by atoms with Gasteiger partial charge in [0.2, 0.25) is 5.91 Å². The van der Waals surface area contributed by atoms with Crippen LogP contribution in [0.5, 0.6) is 0 Å². The van der Waals surface area contributed by atoms with Gasteiger partial charge in [-0.05, 0) is 48.6 Å². The maximum atomic E-state index is 12.7. The SMILES string of the molecule is COCCNC(=O)[C@@H](C)[C@@H]1CC[C@@]2(C)Cc3sc(CSc4ccccc4)nc3[C@@H](C)[C@@H]2[C@H]1O. The first-order valence-electron chi connectivity index (χ1n) is 11.9. The first-order chi connectivity index (χ1) is 15.8. The lowest BCUT2D eigenvalue weighted by Gasteiger charge is -2.53. The highest BCUT2D eigenvalue weighted by Crippen LogP contribution is 2.57. The van der Waals surface area contributed by atoms with E-state index >= 15 is 0 Å². The minimum Gasteiger partial charge on any atom is -0.392 e. The highest BCUT2D eigenvalue weighted by molar-refractivity contribution is 7.98. The van der Waals surface area contributed by atoms with E-state index in [-0.39, 0.29) is 35.0 Å². The number of nitrogens with one attached hydrogen (secondary N) is 1. The third-order valence-corrected chi connectivity index (χ3v) is 10.0. The number of aliphatic hydroxyl groups is 1. The lowest BCUT2D eigenvalue weighted by atomic mass is 9.53. The number of fused-ring (bicyclic) bond motifs is 2. The number of thiazole rings is 1. The van der Waals surface area contributed by atoms with Crippen molar-refractivity contribution in [3.63, 3.8) is 0 Å². The topological polar surface area (TPSA) is 71.5 Å². The van der Waals surface area contributed by atoms with Gasteiger partial charge >= 0.3 is 0 Å². The van der Waals surface area contributed by atoms with Crippen molar-refractivity contribution in [1.82, 2.24) is 10.3 Å². The summed E-state index contributed by atoms with van der Waals surface area (Å²) in [5, 5.41) is 15.7. The van der Waals surface area contributed by atoms with Gasteiger partial charge in [0.05, 0.1) is 24.2 Å². The van der Waals surface area contributed by atoms with Crippen LogP contribution in [0.2, 0.25) is 0 Å². The van der Waals surface area contributed by atoms with Crippen LogP contribution in [0.1, 0.15) is 55.1 Å². The fourth-order valence-corrected chi connectivity index (χ4v) is 8.24. The second kappa shape index (κ2) is 10.5. The molecule has 1 saturated carbocycles. The maximum absolute atomic E-state index is 12.7. The summed E-state index contributed by atoms with van der Waals surface area (Å²) in [7, 11) is 1.63. The number of hydrogen-bond donors (Lipinski definition) is 2. The number of aromatic nitrogens is 1. The monoisotopic (exact) mass is 488 g/mol. The molecule has 2 N–H and O–H groups in total. The lowest BCUT2D eigenvalue weighted by molar-refractivity contribution is -0.135. The summed E-state index contributed by atoms with van der Waals surface area (Å²) in [5.41, 5.74) is 1.22. The Kier molecular flexibility index (Phi) is 7.83. The second-order valence-electron chi connectivity index (χ2n) is 9.93. The number of carbonyl (C=O) groups excluding carboxylic acids is 1. The van der Waals surface area contributed by atoms with Crippen LogP contribution in [0.25, 0.3) is 0 Å². The van der Waals surface area contributed by atoms with E-state index in [1.54, 1.807) is 7.11 Å². The van der Waals surface area contributed by atoms with Gasteiger partial charge in [-0.15, -0.1) is 23.1 Å². The van der Waals surface area contributed by atoms with Crippen LogP contribution < -0.4 is 5.32 Å². The zero-order chi connectivity index (χ0) is 23.6. The molecule has 0 aliphatic heterocycles. The van der Waals surface area contributed by atoms with Gasteiger partial charge in [-0.25, -0.2) is 4.98 Å². The van der Waals surface area contributed by atoms with Gasteiger partial charge in [0, 0.05) is 35.3 Å². The Bertz CT molecular complexity index is 950. The smallest absolute Gasteiger partial charge is 0.223 e. The van der Waals surface area contributed by atoms with Crippen molar-refractivity contribution < 1.29 is 14.6 Å². The predicted molar refractivity (Wildman–Crippen MR) is 135 cm³/mol. The first kappa shape index (κ1) is 24.7.